The summed E-state index contributed by atoms with van der Waals surface area (Å²) in [6, 6.07) is 5.60. The highest BCUT2D eigenvalue weighted by molar-refractivity contribution is 6.34. The lowest BCUT2D eigenvalue weighted by Gasteiger charge is -2.08. The van der Waals surface area contributed by atoms with Gasteiger partial charge in [-0.1, -0.05) is 23.7 Å². The van der Waals surface area contributed by atoms with E-state index in [1.807, 2.05) is 32.0 Å². The second-order valence-electron chi connectivity index (χ2n) is 2.87. The van der Waals surface area contributed by atoms with Crippen molar-refractivity contribution >= 4 is 17.4 Å². The van der Waals surface area contributed by atoms with Gasteiger partial charge in [-0.15, -0.1) is 0 Å². The molecule has 3 nitrogen and oxygen atoms in total. The molecule has 0 amide bonds. The summed E-state index contributed by atoms with van der Waals surface area (Å²) in [6.45, 7) is 4.39. The average Bonchev–Trinajstić information content (AvgIpc) is 2.19. The third-order valence-electron chi connectivity index (χ3n) is 1.87. The molecular formula is C10H13ClN2O. The number of nitrogens with zero attached hydrogens (tertiary/aromatic N) is 1. The molecule has 0 fully saturated rings. The predicted molar refractivity (Wildman–Crippen MR) is 58.2 cm³/mol. The highest BCUT2D eigenvalue weighted by Crippen LogP contribution is 2.20. The Balaban J connectivity index is 3.17. The van der Waals surface area contributed by atoms with Gasteiger partial charge in [0.05, 0.1) is 5.02 Å². The van der Waals surface area contributed by atoms with Gasteiger partial charge in [0.2, 0.25) is 0 Å². The first kappa shape index (κ1) is 11.0. The number of aryl methyl sites for hydroxylation is 1. The highest BCUT2D eigenvalue weighted by atomic mass is 35.5. The molecule has 0 saturated heterocycles. The van der Waals surface area contributed by atoms with Crippen LogP contribution in [0.4, 0.5) is 0 Å². The van der Waals surface area contributed by atoms with Gasteiger partial charge in [-0.2, -0.15) is 0 Å². The molecule has 1 rings (SSSR count). The summed E-state index contributed by atoms with van der Waals surface area (Å²) < 4.78 is 0. The van der Waals surface area contributed by atoms with Gasteiger partial charge in [0.1, 0.15) is 0 Å². The summed E-state index contributed by atoms with van der Waals surface area (Å²) in [4.78, 5) is 4.09. The number of hydroxylamine groups is 1. The van der Waals surface area contributed by atoms with Crippen LogP contribution in [-0.4, -0.2) is 17.6 Å². The Morgan fingerprint density at radius 1 is 1.57 bits per heavy atom. The Labute approximate surface area is 88.4 Å². The van der Waals surface area contributed by atoms with E-state index in [-0.39, 0.29) is 0 Å². The Morgan fingerprint density at radius 2 is 2.29 bits per heavy atom. The third-order valence-corrected chi connectivity index (χ3v) is 2.37. The van der Waals surface area contributed by atoms with E-state index in [0.717, 1.165) is 11.1 Å². The Hall–Kier alpha value is -1.06. The second-order valence-corrected chi connectivity index (χ2v) is 3.25. The minimum Gasteiger partial charge on any atom is -0.290 e. The lowest BCUT2D eigenvalue weighted by molar-refractivity contribution is 0.234. The standard InChI is InChI=1S/C10H13ClN2O/c1-3-12-10(13-14)8-6-4-5-7(2)9(8)11/h4-6,14H,3H2,1-2H3,(H,12,13). The summed E-state index contributed by atoms with van der Waals surface area (Å²) in [7, 11) is 0. The molecule has 0 radical (unpaired) electrons. The molecule has 2 N–H and O–H groups in total. The molecule has 14 heavy (non-hydrogen) atoms. The van der Waals surface area contributed by atoms with Gasteiger partial charge in [-0.3, -0.25) is 15.7 Å². The largest absolute Gasteiger partial charge is 0.290 e. The molecule has 0 atom stereocenters. The van der Waals surface area contributed by atoms with E-state index >= 15 is 0 Å². The van der Waals surface area contributed by atoms with Gasteiger partial charge in [0.25, 0.3) is 0 Å². The van der Waals surface area contributed by atoms with Crippen molar-refractivity contribution in [3.8, 4) is 0 Å². The van der Waals surface area contributed by atoms with Crippen LogP contribution in [-0.2, 0) is 0 Å². The zero-order chi connectivity index (χ0) is 10.6. The lowest BCUT2D eigenvalue weighted by Crippen LogP contribution is -2.21. The second kappa shape index (κ2) is 4.98. The van der Waals surface area contributed by atoms with Crippen LogP contribution in [0.5, 0.6) is 0 Å². The van der Waals surface area contributed by atoms with Gasteiger partial charge in [-0.05, 0) is 25.5 Å². The molecule has 1 aromatic rings. The van der Waals surface area contributed by atoms with Crippen molar-refractivity contribution in [3.63, 3.8) is 0 Å². The van der Waals surface area contributed by atoms with Gasteiger partial charge in [0.15, 0.2) is 5.84 Å². The molecule has 0 unspecified atom stereocenters. The lowest BCUT2D eigenvalue weighted by atomic mass is 10.1. The van der Waals surface area contributed by atoms with Crippen molar-refractivity contribution in [1.82, 2.24) is 5.48 Å². The number of hydrogen-bond donors (Lipinski definition) is 2. The molecule has 0 aliphatic heterocycles. The molecule has 1 aromatic carbocycles. The monoisotopic (exact) mass is 212 g/mol. The summed E-state index contributed by atoms with van der Waals surface area (Å²) in [5, 5.41) is 9.50. The van der Waals surface area contributed by atoms with E-state index in [0.29, 0.717) is 17.4 Å². The molecule has 0 spiro atoms. The number of hydrogen-bond acceptors (Lipinski definition) is 2. The molecule has 0 heterocycles. The summed E-state index contributed by atoms with van der Waals surface area (Å²) in [5.41, 5.74) is 3.73. The number of amidine groups is 1. The van der Waals surface area contributed by atoms with Crippen LogP contribution in [0.2, 0.25) is 5.02 Å². The van der Waals surface area contributed by atoms with Gasteiger partial charge in [0, 0.05) is 12.1 Å². The van der Waals surface area contributed by atoms with Crippen molar-refractivity contribution in [2.45, 2.75) is 13.8 Å². The molecule has 4 heteroatoms. The Bertz CT molecular complexity index is 350. The molecule has 0 aromatic heterocycles. The Morgan fingerprint density at radius 3 is 2.86 bits per heavy atom. The number of rotatable bonds is 2. The SMILES string of the molecule is CCN=C(NO)c1cccc(C)c1Cl. The van der Waals surface area contributed by atoms with E-state index in [1.54, 1.807) is 0 Å². The number of halogens is 1. The van der Waals surface area contributed by atoms with E-state index < -0.39 is 0 Å². The van der Waals surface area contributed by atoms with E-state index in [9.17, 15) is 0 Å². The zero-order valence-electron chi connectivity index (χ0n) is 8.21. The van der Waals surface area contributed by atoms with Gasteiger partial charge < -0.3 is 0 Å². The molecule has 0 bridgehead atoms. The van der Waals surface area contributed by atoms with Crippen LogP contribution in [0.15, 0.2) is 23.2 Å². The summed E-state index contributed by atoms with van der Waals surface area (Å²) in [5.74, 6) is 0.404. The van der Waals surface area contributed by atoms with Crippen molar-refractivity contribution in [2.75, 3.05) is 6.54 Å². The Kier molecular flexibility index (Phi) is 3.92. The molecule has 76 valence electrons. The number of benzene rings is 1. The number of aliphatic imine (C=N–C) groups is 1. The maximum atomic E-state index is 8.89. The first-order valence-electron chi connectivity index (χ1n) is 4.40. The van der Waals surface area contributed by atoms with E-state index in [2.05, 4.69) is 10.5 Å². The third kappa shape index (κ3) is 2.25. The smallest absolute Gasteiger partial charge is 0.153 e. The van der Waals surface area contributed by atoms with Crippen LogP contribution in [0, 0.1) is 6.92 Å². The molecule has 0 aliphatic rings. The molecule has 0 aliphatic carbocycles. The summed E-state index contributed by atoms with van der Waals surface area (Å²) >= 11 is 6.07. The summed E-state index contributed by atoms with van der Waals surface area (Å²) in [6.07, 6.45) is 0. The first-order valence-corrected chi connectivity index (χ1v) is 4.78. The zero-order valence-corrected chi connectivity index (χ0v) is 8.97. The normalized spacial score (nSPS) is 11.6. The van der Waals surface area contributed by atoms with E-state index in [4.69, 9.17) is 16.8 Å². The topological polar surface area (TPSA) is 44.6 Å². The van der Waals surface area contributed by atoms with Crippen molar-refractivity contribution in [3.05, 3.63) is 34.3 Å². The minimum absolute atomic E-state index is 0.404. The van der Waals surface area contributed by atoms with E-state index in [1.165, 1.54) is 0 Å². The fraction of sp³-hybridized carbons (Fsp3) is 0.300. The van der Waals surface area contributed by atoms with Gasteiger partial charge >= 0.3 is 0 Å². The molecular weight excluding hydrogens is 200 g/mol. The van der Waals surface area contributed by atoms with Crippen LogP contribution >= 0.6 is 11.6 Å². The van der Waals surface area contributed by atoms with Crippen molar-refractivity contribution < 1.29 is 5.21 Å². The maximum Gasteiger partial charge on any atom is 0.153 e. The molecule has 0 saturated carbocycles. The van der Waals surface area contributed by atoms with Crippen LogP contribution in [0.1, 0.15) is 18.1 Å². The minimum atomic E-state index is 0.404. The fourth-order valence-electron chi connectivity index (χ4n) is 1.17. The van der Waals surface area contributed by atoms with Crippen molar-refractivity contribution in [2.24, 2.45) is 4.99 Å². The fourth-order valence-corrected chi connectivity index (χ4v) is 1.38. The predicted octanol–water partition coefficient (Wildman–Crippen LogP) is 2.39. The first-order chi connectivity index (χ1) is 6.70. The average molecular weight is 213 g/mol. The number of nitrogens with one attached hydrogen (secondary N) is 1. The maximum absolute atomic E-state index is 8.89. The van der Waals surface area contributed by atoms with Crippen molar-refractivity contribution in [1.29, 1.82) is 0 Å². The van der Waals surface area contributed by atoms with Crippen LogP contribution in [0.25, 0.3) is 0 Å². The van der Waals surface area contributed by atoms with Gasteiger partial charge in [-0.25, -0.2) is 0 Å². The highest BCUT2D eigenvalue weighted by Gasteiger charge is 2.08. The quantitative estimate of drug-likeness (QED) is 0.449. The van der Waals surface area contributed by atoms with Crippen LogP contribution in [0.3, 0.4) is 0 Å². The van der Waals surface area contributed by atoms with Crippen LogP contribution < -0.4 is 5.48 Å².